The van der Waals surface area contributed by atoms with E-state index in [9.17, 15) is 4.57 Å². The monoisotopic (exact) mass is 382 g/mol. The first-order valence-corrected chi connectivity index (χ1v) is 11.9. The van der Waals surface area contributed by atoms with Crippen LogP contribution in [-0.4, -0.2) is 12.4 Å². The molecule has 1 atom stereocenters. The minimum atomic E-state index is -3.16. The average molecular weight is 382 g/mol. The Labute approximate surface area is 152 Å². The lowest BCUT2D eigenvalue weighted by molar-refractivity contribution is 0.295. The van der Waals surface area contributed by atoms with Crippen LogP contribution in [0.4, 0.5) is 0 Å². The van der Waals surface area contributed by atoms with Gasteiger partial charge in [0.15, 0.2) is 0 Å². The van der Waals surface area contributed by atoms with Gasteiger partial charge in [-0.15, -0.1) is 0 Å². The highest BCUT2D eigenvalue weighted by molar-refractivity contribution is 8.55. The van der Waals surface area contributed by atoms with Crippen LogP contribution in [0.15, 0.2) is 58.3 Å². The third-order valence-electron chi connectivity index (χ3n) is 3.08. The van der Waals surface area contributed by atoms with Crippen molar-refractivity contribution in [3.8, 4) is 5.75 Å². The van der Waals surface area contributed by atoms with Gasteiger partial charge in [-0.1, -0.05) is 36.9 Å². The van der Waals surface area contributed by atoms with Gasteiger partial charge >= 0.3 is 6.80 Å². The molecule has 0 bridgehead atoms. The van der Waals surface area contributed by atoms with Crippen molar-refractivity contribution in [1.82, 2.24) is 0 Å². The fraction of sp³-hybridized carbons (Fsp3) is 0.333. The fourth-order valence-electron chi connectivity index (χ4n) is 1.98. The normalized spacial score (nSPS) is 13.5. The molecule has 0 saturated heterocycles. The summed E-state index contributed by atoms with van der Waals surface area (Å²) in [4.78, 5) is 2.31. The Bertz CT molecular complexity index is 692. The maximum Gasteiger partial charge on any atom is 0.440 e. The summed E-state index contributed by atoms with van der Waals surface area (Å²) >= 11 is 2.96. The topological polar surface area (TPSA) is 35.5 Å². The van der Waals surface area contributed by atoms with Crippen molar-refractivity contribution in [2.75, 3.05) is 12.4 Å². The summed E-state index contributed by atoms with van der Waals surface area (Å²) in [5.74, 6) is 1.37. The first kappa shape index (κ1) is 19.5. The molecule has 0 aliphatic carbocycles. The van der Waals surface area contributed by atoms with Crippen LogP contribution in [-0.2, 0) is 9.09 Å². The molecule has 0 radical (unpaired) electrons. The van der Waals surface area contributed by atoms with Gasteiger partial charge in [-0.25, -0.2) is 4.57 Å². The Morgan fingerprint density at radius 1 is 1.04 bits per heavy atom. The van der Waals surface area contributed by atoms with Crippen LogP contribution in [0.25, 0.3) is 0 Å². The fourth-order valence-corrected chi connectivity index (χ4v) is 6.43. The summed E-state index contributed by atoms with van der Waals surface area (Å²) < 4.78 is 24.0. The summed E-state index contributed by atoms with van der Waals surface area (Å²) in [5, 5.41) is 0. The minimum absolute atomic E-state index is 0.370. The van der Waals surface area contributed by atoms with Crippen LogP contribution in [0.5, 0.6) is 5.75 Å². The zero-order valence-corrected chi connectivity index (χ0v) is 16.8. The largest absolute Gasteiger partial charge is 0.440 e. The van der Waals surface area contributed by atoms with E-state index in [0.29, 0.717) is 12.4 Å². The smallest absolute Gasteiger partial charge is 0.417 e. The second-order valence-electron chi connectivity index (χ2n) is 5.13. The van der Waals surface area contributed by atoms with Crippen molar-refractivity contribution in [3.63, 3.8) is 0 Å². The maximum absolute atomic E-state index is 12.8. The van der Waals surface area contributed by atoms with Gasteiger partial charge in [0.25, 0.3) is 0 Å². The minimum Gasteiger partial charge on any atom is -0.417 e. The van der Waals surface area contributed by atoms with Gasteiger partial charge in [0.05, 0.1) is 6.61 Å². The maximum atomic E-state index is 12.8. The van der Waals surface area contributed by atoms with E-state index in [1.165, 1.54) is 16.3 Å². The molecule has 130 valence electrons. The molecule has 2 aromatic carbocycles. The van der Waals surface area contributed by atoms with Crippen LogP contribution < -0.4 is 4.52 Å². The van der Waals surface area contributed by atoms with E-state index in [2.05, 4.69) is 12.1 Å². The molecule has 0 aliphatic rings. The summed E-state index contributed by atoms with van der Waals surface area (Å²) in [5.41, 5.74) is 0.952. The molecule has 1 unspecified atom stereocenters. The van der Waals surface area contributed by atoms with E-state index < -0.39 is 6.80 Å². The number of benzene rings is 2. The molecule has 6 heteroatoms. The van der Waals surface area contributed by atoms with Gasteiger partial charge in [-0.2, -0.15) is 0 Å². The molecular formula is C18H23O3PS2. The molecular weight excluding hydrogens is 359 g/mol. The van der Waals surface area contributed by atoms with Gasteiger partial charge in [-0.05, 0) is 67.5 Å². The lowest BCUT2D eigenvalue weighted by Gasteiger charge is -2.19. The first-order chi connectivity index (χ1) is 11.6. The lowest BCUT2D eigenvalue weighted by Crippen LogP contribution is -1.97. The van der Waals surface area contributed by atoms with Crippen molar-refractivity contribution in [1.29, 1.82) is 0 Å². The van der Waals surface area contributed by atoms with Crippen LogP contribution in [0, 0.1) is 6.92 Å². The van der Waals surface area contributed by atoms with Crippen molar-refractivity contribution in [2.24, 2.45) is 0 Å². The average Bonchev–Trinajstić information content (AvgIpc) is 2.57. The molecule has 0 spiro atoms. The van der Waals surface area contributed by atoms with Gasteiger partial charge in [0.2, 0.25) is 0 Å². The SMILES string of the molecule is CCCSP(=O)(OCC)Oc1ccc(Sc2ccccc2)cc1C. The molecule has 0 saturated carbocycles. The number of hydrogen-bond donors (Lipinski definition) is 0. The lowest BCUT2D eigenvalue weighted by atomic mass is 10.2. The van der Waals surface area contributed by atoms with Crippen molar-refractivity contribution in [2.45, 2.75) is 37.0 Å². The molecule has 0 N–H and O–H groups in total. The second-order valence-corrected chi connectivity index (χ2v) is 10.4. The summed E-state index contributed by atoms with van der Waals surface area (Å²) in [6, 6.07) is 16.1. The Morgan fingerprint density at radius 2 is 1.79 bits per heavy atom. The van der Waals surface area contributed by atoms with Gasteiger partial charge in [0.1, 0.15) is 5.75 Å². The molecule has 3 nitrogen and oxygen atoms in total. The van der Waals surface area contributed by atoms with Crippen LogP contribution in [0.3, 0.4) is 0 Å². The number of hydrogen-bond acceptors (Lipinski definition) is 5. The van der Waals surface area contributed by atoms with Gasteiger partial charge in [-0.3, -0.25) is 4.52 Å². The number of rotatable bonds is 9. The highest BCUT2D eigenvalue weighted by Crippen LogP contribution is 2.60. The highest BCUT2D eigenvalue weighted by atomic mass is 32.7. The van der Waals surface area contributed by atoms with Crippen LogP contribution >= 0.6 is 29.9 Å². The molecule has 0 aromatic heterocycles. The molecule has 0 heterocycles. The Kier molecular flexibility index (Phi) is 7.76. The molecule has 2 aromatic rings. The third kappa shape index (κ3) is 5.89. The molecule has 0 amide bonds. The van der Waals surface area contributed by atoms with Gasteiger partial charge < -0.3 is 4.52 Å². The Hall–Kier alpha value is -0.870. The van der Waals surface area contributed by atoms with Crippen molar-refractivity contribution in [3.05, 3.63) is 54.1 Å². The summed E-state index contributed by atoms with van der Waals surface area (Å²) in [6.45, 7) is 3.05. The molecule has 2 rings (SSSR count). The number of aryl methyl sites for hydroxylation is 1. The molecule has 24 heavy (non-hydrogen) atoms. The Balaban J connectivity index is 2.12. The predicted octanol–water partition coefficient (Wildman–Crippen LogP) is 6.81. The molecule has 0 aliphatic heterocycles. The van der Waals surface area contributed by atoms with E-state index in [0.717, 1.165) is 22.6 Å². The van der Waals surface area contributed by atoms with Crippen LogP contribution in [0.2, 0.25) is 0 Å². The van der Waals surface area contributed by atoms with E-state index in [4.69, 9.17) is 9.05 Å². The summed E-state index contributed by atoms with van der Waals surface area (Å²) in [7, 11) is 0. The highest BCUT2D eigenvalue weighted by Gasteiger charge is 2.27. The van der Waals surface area contributed by atoms with Crippen molar-refractivity contribution >= 4 is 29.9 Å². The summed E-state index contributed by atoms with van der Waals surface area (Å²) in [6.07, 6.45) is 0.927. The van der Waals surface area contributed by atoms with Crippen molar-refractivity contribution < 1.29 is 13.6 Å². The van der Waals surface area contributed by atoms with Gasteiger partial charge in [0, 0.05) is 15.5 Å². The third-order valence-corrected chi connectivity index (χ3v) is 8.01. The van der Waals surface area contributed by atoms with E-state index in [1.54, 1.807) is 11.8 Å². The first-order valence-electron chi connectivity index (χ1n) is 7.98. The quantitative estimate of drug-likeness (QED) is 0.445. The Morgan fingerprint density at radius 3 is 2.42 bits per heavy atom. The zero-order chi connectivity index (χ0) is 17.4. The predicted molar refractivity (Wildman–Crippen MR) is 104 cm³/mol. The molecule has 0 fully saturated rings. The van der Waals surface area contributed by atoms with E-state index in [1.807, 2.05) is 57.2 Å². The second kappa shape index (κ2) is 9.57. The van der Waals surface area contributed by atoms with Crippen LogP contribution in [0.1, 0.15) is 25.8 Å². The zero-order valence-electron chi connectivity index (χ0n) is 14.2. The van der Waals surface area contributed by atoms with E-state index >= 15 is 0 Å². The standard InChI is InChI=1S/C18H23O3PS2/c1-4-13-23-22(19,20-5-2)21-18-12-11-17(14-15(18)3)24-16-9-7-6-8-10-16/h6-12,14H,4-5,13H2,1-3H3. The van der Waals surface area contributed by atoms with E-state index in [-0.39, 0.29) is 0 Å².